The van der Waals surface area contributed by atoms with Crippen molar-refractivity contribution in [3.05, 3.63) is 44.0 Å². The third-order valence-corrected chi connectivity index (χ3v) is 6.29. The second-order valence-electron chi connectivity index (χ2n) is 4.00. The van der Waals surface area contributed by atoms with Gasteiger partial charge < -0.3 is 5.32 Å². The predicted octanol–water partition coefficient (Wildman–Crippen LogP) is 3.68. The molecule has 0 aliphatic carbocycles. The van der Waals surface area contributed by atoms with E-state index in [2.05, 4.69) is 26.0 Å². The molecule has 0 unspecified atom stereocenters. The molecule has 0 atom stereocenters. The maximum Gasteiger partial charge on any atom is 0.263 e. The lowest BCUT2D eigenvalue weighted by Gasteiger charge is -2.07. The van der Waals surface area contributed by atoms with Crippen molar-refractivity contribution in [2.24, 2.45) is 0 Å². The van der Waals surface area contributed by atoms with Gasteiger partial charge in [0.2, 0.25) is 0 Å². The molecule has 0 spiro atoms. The standard InChI is InChI=1S/C12H12BrClN2O2S2/c1-15-7-10-6-11(12(13)19-10)20(17,18)16-9-4-2-3-8(14)5-9/h2-6,15-16H,7H2,1H3. The number of rotatable bonds is 5. The van der Waals surface area contributed by atoms with Gasteiger partial charge in [0, 0.05) is 16.4 Å². The average Bonchev–Trinajstić information content (AvgIpc) is 2.71. The third kappa shape index (κ3) is 3.73. The highest BCUT2D eigenvalue weighted by Crippen LogP contribution is 2.33. The number of hydrogen-bond donors (Lipinski definition) is 2. The Balaban J connectivity index is 2.30. The summed E-state index contributed by atoms with van der Waals surface area (Å²) in [6, 6.07) is 8.24. The minimum Gasteiger partial charge on any atom is -0.315 e. The summed E-state index contributed by atoms with van der Waals surface area (Å²) in [7, 11) is -1.82. The highest BCUT2D eigenvalue weighted by molar-refractivity contribution is 9.11. The number of thiophene rings is 1. The van der Waals surface area contributed by atoms with E-state index in [1.807, 2.05) is 7.05 Å². The first-order valence-electron chi connectivity index (χ1n) is 5.63. The van der Waals surface area contributed by atoms with E-state index in [4.69, 9.17) is 11.6 Å². The normalized spacial score (nSPS) is 11.6. The van der Waals surface area contributed by atoms with Crippen molar-refractivity contribution >= 4 is 54.6 Å². The van der Waals surface area contributed by atoms with Crippen LogP contribution >= 0.6 is 38.9 Å². The molecule has 0 aliphatic rings. The van der Waals surface area contributed by atoms with Crippen molar-refractivity contribution in [1.29, 1.82) is 0 Å². The second-order valence-corrected chi connectivity index (χ2v) is 8.54. The highest BCUT2D eigenvalue weighted by atomic mass is 79.9. The molecule has 4 nitrogen and oxygen atoms in total. The van der Waals surface area contributed by atoms with Crippen LogP contribution in [0.2, 0.25) is 5.02 Å². The van der Waals surface area contributed by atoms with Crippen LogP contribution in [0.3, 0.4) is 0 Å². The van der Waals surface area contributed by atoms with E-state index < -0.39 is 10.0 Å². The smallest absolute Gasteiger partial charge is 0.263 e. The summed E-state index contributed by atoms with van der Waals surface area (Å²) < 4.78 is 27.8. The van der Waals surface area contributed by atoms with E-state index in [0.29, 0.717) is 21.0 Å². The fraction of sp³-hybridized carbons (Fsp3) is 0.167. The first kappa shape index (κ1) is 15.8. The lowest BCUT2D eigenvalue weighted by molar-refractivity contribution is 0.601. The lowest BCUT2D eigenvalue weighted by atomic mass is 10.3. The second kappa shape index (κ2) is 6.44. The summed E-state index contributed by atoms with van der Waals surface area (Å²) in [5.41, 5.74) is 0.436. The molecule has 2 N–H and O–H groups in total. The van der Waals surface area contributed by atoms with E-state index in [1.54, 1.807) is 30.3 Å². The van der Waals surface area contributed by atoms with E-state index in [0.717, 1.165) is 4.88 Å². The Morgan fingerprint density at radius 1 is 1.35 bits per heavy atom. The number of anilines is 1. The van der Waals surface area contributed by atoms with Crippen molar-refractivity contribution in [1.82, 2.24) is 5.32 Å². The van der Waals surface area contributed by atoms with Crippen LogP contribution in [0.15, 0.2) is 39.0 Å². The lowest BCUT2D eigenvalue weighted by Crippen LogP contribution is -2.12. The summed E-state index contributed by atoms with van der Waals surface area (Å²) in [5.74, 6) is 0. The molecule has 1 aromatic carbocycles. The van der Waals surface area contributed by atoms with Crippen LogP contribution in [0.4, 0.5) is 5.69 Å². The maximum atomic E-state index is 12.4. The van der Waals surface area contributed by atoms with Crippen LogP contribution in [0.25, 0.3) is 0 Å². The van der Waals surface area contributed by atoms with E-state index >= 15 is 0 Å². The van der Waals surface area contributed by atoms with Crippen molar-refractivity contribution in [2.75, 3.05) is 11.8 Å². The minimum absolute atomic E-state index is 0.229. The molecule has 0 fully saturated rings. The zero-order valence-corrected chi connectivity index (χ0v) is 14.5. The van der Waals surface area contributed by atoms with E-state index in [-0.39, 0.29) is 4.90 Å². The topological polar surface area (TPSA) is 58.2 Å². The van der Waals surface area contributed by atoms with E-state index in [1.165, 1.54) is 11.3 Å². The van der Waals surface area contributed by atoms with Crippen molar-refractivity contribution < 1.29 is 8.42 Å². The van der Waals surface area contributed by atoms with Crippen molar-refractivity contribution in [2.45, 2.75) is 11.4 Å². The predicted molar refractivity (Wildman–Crippen MR) is 87.0 cm³/mol. The van der Waals surface area contributed by atoms with E-state index in [9.17, 15) is 8.42 Å². The Bertz CT molecular complexity index is 716. The number of benzene rings is 1. The maximum absolute atomic E-state index is 12.4. The minimum atomic E-state index is -3.63. The molecule has 2 aromatic rings. The van der Waals surface area contributed by atoms with Gasteiger partial charge in [0.05, 0.1) is 9.47 Å². The molecule has 2 rings (SSSR count). The van der Waals surface area contributed by atoms with Gasteiger partial charge in [-0.2, -0.15) is 0 Å². The molecule has 108 valence electrons. The number of nitrogens with one attached hydrogen (secondary N) is 2. The summed E-state index contributed by atoms with van der Waals surface area (Å²) in [5, 5.41) is 3.47. The molecule has 0 saturated carbocycles. The molecule has 1 heterocycles. The molecule has 1 aromatic heterocycles. The Labute approximate surface area is 135 Å². The molecular formula is C12H12BrClN2O2S2. The molecule has 0 bridgehead atoms. The monoisotopic (exact) mass is 394 g/mol. The van der Waals surface area contributed by atoms with Crippen LogP contribution in [0.1, 0.15) is 4.88 Å². The van der Waals surface area contributed by atoms with Gasteiger partial charge in [-0.25, -0.2) is 8.42 Å². The Morgan fingerprint density at radius 2 is 2.10 bits per heavy atom. The first-order valence-corrected chi connectivity index (χ1v) is 9.10. The summed E-state index contributed by atoms with van der Waals surface area (Å²) in [6.07, 6.45) is 0. The van der Waals surface area contributed by atoms with Crippen molar-refractivity contribution in [3.8, 4) is 0 Å². The highest BCUT2D eigenvalue weighted by Gasteiger charge is 2.21. The molecular weight excluding hydrogens is 384 g/mol. The molecule has 0 amide bonds. The quantitative estimate of drug-likeness (QED) is 0.812. The Kier molecular flexibility index (Phi) is 5.09. The van der Waals surface area contributed by atoms with Gasteiger partial charge in [0.1, 0.15) is 4.90 Å². The number of sulfonamides is 1. The van der Waals surface area contributed by atoms with Gasteiger partial charge in [-0.05, 0) is 47.2 Å². The number of halogens is 2. The van der Waals surface area contributed by atoms with Crippen LogP contribution in [-0.2, 0) is 16.6 Å². The number of hydrogen-bond acceptors (Lipinski definition) is 4. The van der Waals surface area contributed by atoms with Crippen LogP contribution < -0.4 is 10.0 Å². The summed E-state index contributed by atoms with van der Waals surface area (Å²) in [4.78, 5) is 1.17. The van der Waals surface area contributed by atoms with Gasteiger partial charge in [-0.3, -0.25) is 4.72 Å². The van der Waals surface area contributed by atoms with Gasteiger partial charge in [-0.15, -0.1) is 11.3 Å². The summed E-state index contributed by atoms with van der Waals surface area (Å²) >= 11 is 10.5. The van der Waals surface area contributed by atoms with Gasteiger partial charge in [0.25, 0.3) is 10.0 Å². The average molecular weight is 396 g/mol. The van der Waals surface area contributed by atoms with Gasteiger partial charge in [-0.1, -0.05) is 17.7 Å². The van der Waals surface area contributed by atoms with Crippen LogP contribution in [0.5, 0.6) is 0 Å². The fourth-order valence-corrected chi connectivity index (χ4v) is 5.54. The van der Waals surface area contributed by atoms with Crippen LogP contribution in [-0.4, -0.2) is 15.5 Å². The third-order valence-electron chi connectivity index (χ3n) is 2.42. The SMILES string of the molecule is CNCc1cc(S(=O)(=O)Nc2cccc(Cl)c2)c(Br)s1. The summed E-state index contributed by atoms with van der Waals surface area (Å²) in [6.45, 7) is 0.621. The molecule has 0 aliphatic heterocycles. The molecule has 8 heteroatoms. The molecule has 0 saturated heterocycles. The first-order chi connectivity index (χ1) is 9.42. The zero-order chi connectivity index (χ0) is 14.8. The van der Waals surface area contributed by atoms with Gasteiger partial charge in [0.15, 0.2) is 0 Å². The largest absolute Gasteiger partial charge is 0.315 e. The molecule has 20 heavy (non-hydrogen) atoms. The van der Waals surface area contributed by atoms with Crippen molar-refractivity contribution in [3.63, 3.8) is 0 Å². The molecule has 0 radical (unpaired) electrons. The zero-order valence-electron chi connectivity index (χ0n) is 10.5. The van der Waals surface area contributed by atoms with Gasteiger partial charge >= 0.3 is 0 Å². The Morgan fingerprint density at radius 3 is 2.75 bits per heavy atom. The van der Waals surface area contributed by atoms with Crippen LogP contribution in [0, 0.1) is 0 Å². The fourth-order valence-electron chi connectivity index (χ4n) is 1.60. The Hall–Kier alpha value is -0.600.